The molecule has 72 valence electrons. The highest BCUT2D eigenvalue weighted by Gasteiger charge is 2.11. The highest BCUT2D eigenvalue weighted by molar-refractivity contribution is 8.25. The summed E-state index contributed by atoms with van der Waals surface area (Å²) in [5.74, 6) is 2.24. The maximum atomic E-state index is 2.29. The van der Waals surface area contributed by atoms with Crippen molar-refractivity contribution in [2.75, 3.05) is 5.75 Å². The first-order valence-electron chi connectivity index (χ1n) is 5.46. The summed E-state index contributed by atoms with van der Waals surface area (Å²) in [6, 6.07) is 0. The van der Waals surface area contributed by atoms with Crippen molar-refractivity contribution in [3.8, 4) is 0 Å². The maximum Gasteiger partial charge on any atom is 0.209 e. The third-order valence-corrected chi connectivity index (χ3v) is 3.44. The zero-order valence-electron chi connectivity index (χ0n) is 8.94. The molecule has 0 aromatic heterocycles. The summed E-state index contributed by atoms with van der Waals surface area (Å²) in [6.07, 6.45) is 8.42. The lowest BCUT2D eigenvalue weighted by Crippen LogP contribution is -2.07. The Balaban J connectivity index is 3.40. The van der Waals surface area contributed by atoms with E-state index in [0.29, 0.717) is 0 Å². The summed E-state index contributed by atoms with van der Waals surface area (Å²) < 4.78 is 0. The van der Waals surface area contributed by atoms with Gasteiger partial charge >= 0.3 is 0 Å². The van der Waals surface area contributed by atoms with Gasteiger partial charge in [-0.25, -0.2) is 11.6 Å². The van der Waals surface area contributed by atoms with Crippen molar-refractivity contribution in [1.82, 2.24) is 0 Å². The Hall–Kier alpha value is 0.415. The van der Waals surface area contributed by atoms with Gasteiger partial charge in [0, 0.05) is 0 Å². The molecule has 0 rings (SSSR count). The monoisotopic (exact) mass is 186 g/mol. The van der Waals surface area contributed by atoms with Crippen LogP contribution in [0.5, 0.6) is 0 Å². The Labute approximate surface area is 82.9 Å². The smallest absolute Gasteiger partial charge is 0.209 e. The molecule has 2 heteroatoms. The fraction of sp³-hybridized carbons (Fsp3) is 1.00. The molecule has 0 aromatic rings. The molecule has 0 aromatic carbocycles. The van der Waals surface area contributed by atoms with Crippen LogP contribution in [0.25, 0.3) is 0 Å². The first kappa shape index (κ1) is 12.4. The zero-order chi connectivity index (χ0) is 9.23. The standard InChI is InChI=1S/C10H23BS/c1-4-7-9-11(12-6-3)10-8-5-2/h4-10H2,1-3H3. The van der Waals surface area contributed by atoms with Crippen LogP contribution >= 0.6 is 11.6 Å². The average Bonchev–Trinajstić information content (AvgIpc) is 2.10. The molecule has 0 bridgehead atoms. The molecule has 0 aliphatic carbocycles. The number of hydrogen-bond acceptors (Lipinski definition) is 1. The topological polar surface area (TPSA) is 0 Å². The molecule has 0 N–H and O–H groups in total. The highest BCUT2D eigenvalue weighted by atomic mass is 32.2. The van der Waals surface area contributed by atoms with Crippen LogP contribution in [0.1, 0.15) is 46.5 Å². The molecular weight excluding hydrogens is 163 g/mol. The molecule has 0 aliphatic rings. The van der Waals surface area contributed by atoms with E-state index < -0.39 is 0 Å². The van der Waals surface area contributed by atoms with Crippen molar-refractivity contribution in [3.05, 3.63) is 0 Å². The number of rotatable bonds is 8. The molecule has 0 saturated carbocycles. The summed E-state index contributed by atoms with van der Waals surface area (Å²) >= 11 is 2.16. The van der Waals surface area contributed by atoms with E-state index in [1.165, 1.54) is 44.1 Å². The summed E-state index contributed by atoms with van der Waals surface area (Å²) in [5, 5.41) is 0. The Morgan fingerprint density at radius 3 is 1.75 bits per heavy atom. The van der Waals surface area contributed by atoms with E-state index in [2.05, 4.69) is 32.4 Å². The van der Waals surface area contributed by atoms with Crippen LogP contribution in [0.15, 0.2) is 0 Å². The molecule has 0 spiro atoms. The van der Waals surface area contributed by atoms with Gasteiger partial charge in [-0.05, 0) is 5.75 Å². The molecule has 0 aliphatic heterocycles. The molecule has 0 nitrogen and oxygen atoms in total. The second-order valence-electron chi connectivity index (χ2n) is 3.36. The van der Waals surface area contributed by atoms with Crippen LogP contribution in [-0.2, 0) is 0 Å². The molecule has 0 heterocycles. The van der Waals surface area contributed by atoms with Crippen LogP contribution in [0.3, 0.4) is 0 Å². The van der Waals surface area contributed by atoms with Crippen molar-refractivity contribution in [1.29, 1.82) is 0 Å². The Morgan fingerprint density at radius 2 is 1.42 bits per heavy atom. The van der Waals surface area contributed by atoms with Gasteiger partial charge in [0.05, 0.1) is 0 Å². The molecule has 0 radical (unpaired) electrons. The van der Waals surface area contributed by atoms with Gasteiger partial charge in [-0.2, -0.15) is 0 Å². The predicted molar refractivity (Wildman–Crippen MR) is 63.3 cm³/mol. The summed E-state index contributed by atoms with van der Waals surface area (Å²) in [7, 11) is 0. The third-order valence-electron chi connectivity index (χ3n) is 2.16. The first-order chi connectivity index (χ1) is 5.85. The fourth-order valence-electron chi connectivity index (χ4n) is 1.41. The lowest BCUT2D eigenvalue weighted by atomic mass is 9.66. The van der Waals surface area contributed by atoms with Crippen molar-refractivity contribution in [2.24, 2.45) is 0 Å². The largest absolute Gasteiger partial charge is 0.210 e. The van der Waals surface area contributed by atoms with Gasteiger partial charge in [0.25, 0.3) is 0 Å². The minimum absolute atomic E-state index is 0.954. The second-order valence-corrected chi connectivity index (χ2v) is 4.94. The number of hydrogen-bond donors (Lipinski definition) is 0. The van der Waals surface area contributed by atoms with Gasteiger partial charge in [0.2, 0.25) is 5.99 Å². The van der Waals surface area contributed by atoms with Crippen molar-refractivity contribution in [2.45, 2.75) is 59.1 Å². The lowest BCUT2D eigenvalue weighted by Gasteiger charge is -2.10. The van der Waals surface area contributed by atoms with Crippen LogP contribution in [0, 0.1) is 0 Å². The Morgan fingerprint density at radius 1 is 0.917 bits per heavy atom. The summed E-state index contributed by atoms with van der Waals surface area (Å²) in [5.41, 5.74) is 0. The van der Waals surface area contributed by atoms with Crippen molar-refractivity contribution in [3.63, 3.8) is 0 Å². The molecular formula is C10H23BS. The third kappa shape index (κ3) is 7.09. The quantitative estimate of drug-likeness (QED) is 0.508. The van der Waals surface area contributed by atoms with Gasteiger partial charge in [0.1, 0.15) is 0 Å². The lowest BCUT2D eigenvalue weighted by molar-refractivity contribution is 0.849. The van der Waals surface area contributed by atoms with E-state index in [0.717, 1.165) is 5.99 Å². The van der Waals surface area contributed by atoms with Crippen LogP contribution in [-0.4, -0.2) is 11.7 Å². The second kappa shape index (κ2) is 9.50. The Bertz CT molecular complexity index is 77.9. The first-order valence-corrected chi connectivity index (χ1v) is 6.51. The minimum atomic E-state index is 0.954. The molecule has 0 unspecified atom stereocenters. The van der Waals surface area contributed by atoms with Crippen LogP contribution in [0.4, 0.5) is 0 Å². The van der Waals surface area contributed by atoms with E-state index in [4.69, 9.17) is 0 Å². The normalized spacial score (nSPS) is 10.2. The Kier molecular flexibility index (Phi) is 9.83. The maximum absolute atomic E-state index is 2.29. The SMILES string of the molecule is CCCCB(CCCC)SCC. The zero-order valence-corrected chi connectivity index (χ0v) is 9.75. The molecule has 12 heavy (non-hydrogen) atoms. The van der Waals surface area contributed by atoms with Gasteiger partial charge in [0.15, 0.2) is 0 Å². The van der Waals surface area contributed by atoms with E-state index in [1.807, 2.05) is 0 Å². The molecule has 0 saturated heterocycles. The van der Waals surface area contributed by atoms with E-state index in [1.54, 1.807) is 0 Å². The van der Waals surface area contributed by atoms with E-state index in [9.17, 15) is 0 Å². The van der Waals surface area contributed by atoms with Crippen LogP contribution in [0.2, 0.25) is 12.6 Å². The molecule has 0 fully saturated rings. The van der Waals surface area contributed by atoms with E-state index >= 15 is 0 Å². The minimum Gasteiger partial charge on any atom is -0.210 e. The van der Waals surface area contributed by atoms with Gasteiger partial charge in [-0.15, -0.1) is 0 Å². The molecule has 0 atom stereocenters. The van der Waals surface area contributed by atoms with E-state index in [-0.39, 0.29) is 0 Å². The predicted octanol–water partition coefficient (Wildman–Crippen LogP) is 4.33. The van der Waals surface area contributed by atoms with Crippen LogP contribution < -0.4 is 0 Å². The van der Waals surface area contributed by atoms with Crippen molar-refractivity contribution >= 4 is 17.6 Å². The summed E-state index contributed by atoms with van der Waals surface area (Å²) in [6.45, 7) is 6.84. The van der Waals surface area contributed by atoms with Crippen molar-refractivity contribution < 1.29 is 0 Å². The summed E-state index contributed by atoms with van der Waals surface area (Å²) in [4.78, 5) is 0. The highest BCUT2D eigenvalue weighted by Crippen LogP contribution is 2.20. The van der Waals surface area contributed by atoms with Gasteiger partial charge in [-0.1, -0.05) is 59.1 Å². The average molecular weight is 186 g/mol. The van der Waals surface area contributed by atoms with Gasteiger partial charge < -0.3 is 0 Å². The molecule has 0 amide bonds. The fourth-order valence-corrected chi connectivity index (χ4v) is 2.55. The van der Waals surface area contributed by atoms with Gasteiger partial charge in [-0.3, -0.25) is 0 Å². The number of unbranched alkanes of at least 4 members (excludes halogenated alkanes) is 2.